The standard InChI is InChI=1S/C27H25N2P.3C7H7.Zr/c1-5-13-23(14-6-1)21-28-27(29-22-24-15-7-2-8-16-24)30(25-17-9-3-10-18-25)26-19-11-4-12-20-26;3*1-7-5-3-2-4-6-7;/h1-20,27H,21-22H2;3*2-6H,1H2;/q-2;3*-1;. The van der Waals surface area contributed by atoms with Crippen LogP contribution in [0.15, 0.2) is 212 Å². The molecule has 0 heterocycles. The van der Waals surface area contributed by atoms with Gasteiger partial charge in [0.15, 0.2) is 0 Å². The zero-order valence-corrected chi connectivity index (χ0v) is 33.0. The minimum absolute atomic E-state index is 0. The summed E-state index contributed by atoms with van der Waals surface area (Å²) in [7, 11) is -0.740. The van der Waals surface area contributed by atoms with Crippen molar-refractivity contribution in [2.45, 2.75) is 19.0 Å². The van der Waals surface area contributed by atoms with E-state index < -0.39 is 7.92 Å². The van der Waals surface area contributed by atoms with E-state index in [-0.39, 0.29) is 32.1 Å². The van der Waals surface area contributed by atoms with Crippen LogP contribution < -0.4 is 10.6 Å². The molecule has 262 valence electrons. The summed E-state index contributed by atoms with van der Waals surface area (Å²) in [4.78, 5) is 0. The molecule has 2 nitrogen and oxygen atoms in total. The minimum Gasteiger partial charge on any atom is -0.670 e. The second-order valence-corrected chi connectivity index (χ2v) is 13.7. The van der Waals surface area contributed by atoms with Gasteiger partial charge in [-0.2, -0.15) is 73.9 Å². The molecule has 0 spiro atoms. The van der Waals surface area contributed by atoms with E-state index in [1.54, 1.807) is 0 Å². The van der Waals surface area contributed by atoms with Crippen LogP contribution in [0, 0.1) is 20.8 Å². The summed E-state index contributed by atoms with van der Waals surface area (Å²) in [6, 6.07) is 71.9. The molecule has 0 amide bonds. The summed E-state index contributed by atoms with van der Waals surface area (Å²) in [6.45, 7) is 12.5. The Labute approximate surface area is 333 Å². The first-order chi connectivity index (χ1) is 25.1. The zero-order chi connectivity index (χ0) is 35.8. The van der Waals surface area contributed by atoms with Crippen molar-refractivity contribution in [1.29, 1.82) is 0 Å². The fourth-order valence-corrected chi connectivity index (χ4v) is 7.10. The predicted molar refractivity (Wildman–Crippen MR) is 223 cm³/mol. The average molecular weight is 773 g/mol. The number of hydrogen-bond donors (Lipinski definition) is 0. The Morgan fingerprint density at radius 3 is 0.808 bits per heavy atom. The molecule has 0 atom stereocenters. The maximum Gasteiger partial charge on any atom is 0 e. The molecule has 0 saturated heterocycles. The second-order valence-electron chi connectivity index (χ2n) is 11.5. The Balaban J connectivity index is 0.000000265. The van der Waals surface area contributed by atoms with Gasteiger partial charge in [-0.15, -0.1) is 49.5 Å². The molecule has 0 bridgehead atoms. The minimum atomic E-state index is -0.740. The average Bonchev–Trinajstić information content (AvgIpc) is 3.19. The van der Waals surface area contributed by atoms with E-state index in [0.717, 1.165) is 16.7 Å². The third-order valence-electron chi connectivity index (χ3n) is 7.39. The molecule has 7 aromatic carbocycles. The summed E-state index contributed by atoms with van der Waals surface area (Å²) in [5.74, 6) is -0.106. The van der Waals surface area contributed by atoms with Crippen LogP contribution in [0.3, 0.4) is 0 Å². The fourth-order valence-electron chi connectivity index (χ4n) is 4.79. The molecule has 0 saturated carbocycles. The van der Waals surface area contributed by atoms with Crippen molar-refractivity contribution in [3.8, 4) is 0 Å². The van der Waals surface area contributed by atoms with Crippen LogP contribution in [-0.4, -0.2) is 5.91 Å². The van der Waals surface area contributed by atoms with Crippen molar-refractivity contribution in [3.05, 3.63) is 272 Å². The van der Waals surface area contributed by atoms with E-state index in [9.17, 15) is 0 Å². The Kier molecular flexibility index (Phi) is 20.4. The van der Waals surface area contributed by atoms with Crippen LogP contribution in [-0.2, 0) is 39.3 Å². The SMILES string of the molecule is [CH2-]c1ccccc1.[CH2-]c1ccccc1.[CH2-]c1ccccc1.[Zr].c1ccc(C[N-]C([N-]Cc2ccccc2)P(c2ccccc2)c2ccccc2)cc1. The molecule has 7 aromatic rings. The quantitative estimate of drug-likeness (QED) is 0.103. The van der Waals surface area contributed by atoms with Crippen molar-refractivity contribution in [1.82, 2.24) is 0 Å². The first-order valence-electron chi connectivity index (χ1n) is 17.0. The van der Waals surface area contributed by atoms with Gasteiger partial charge in [-0.25, -0.2) is 5.91 Å². The van der Waals surface area contributed by atoms with Crippen molar-refractivity contribution in [3.63, 3.8) is 0 Å². The Morgan fingerprint density at radius 1 is 0.346 bits per heavy atom. The smallest absolute Gasteiger partial charge is 0 e. The van der Waals surface area contributed by atoms with Gasteiger partial charge in [0.2, 0.25) is 0 Å². The largest absolute Gasteiger partial charge is 0.670 e. The monoisotopic (exact) mass is 771 g/mol. The van der Waals surface area contributed by atoms with E-state index in [1.807, 2.05) is 103 Å². The van der Waals surface area contributed by atoms with E-state index in [2.05, 4.69) is 130 Å². The maximum absolute atomic E-state index is 5.12. The molecule has 0 fully saturated rings. The maximum atomic E-state index is 5.12. The Hall–Kier alpha value is -4.62. The molecule has 0 aromatic heterocycles. The van der Waals surface area contributed by atoms with E-state index in [4.69, 9.17) is 10.6 Å². The molecule has 52 heavy (non-hydrogen) atoms. The molecule has 0 radical (unpaired) electrons. The van der Waals surface area contributed by atoms with Gasteiger partial charge >= 0.3 is 0 Å². The van der Waals surface area contributed by atoms with Gasteiger partial charge < -0.3 is 10.6 Å². The molecular formula is C48H46N2PZr-5. The number of benzene rings is 7. The summed E-state index contributed by atoms with van der Waals surface area (Å²) >= 11 is 0. The van der Waals surface area contributed by atoms with E-state index in [0.29, 0.717) is 13.1 Å². The first-order valence-corrected chi connectivity index (χ1v) is 18.4. The van der Waals surface area contributed by atoms with Gasteiger partial charge in [0.05, 0.1) is 0 Å². The van der Waals surface area contributed by atoms with Crippen molar-refractivity contribution < 1.29 is 26.2 Å². The zero-order valence-electron chi connectivity index (χ0n) is 29.7. The molecule has 0 unspecified atom stereocenters. The van der Waals surface area contributed by atoms with Crippen LogP contribution >= 0.6 is 7.92 Å². The molecule has 0 N–H and O–H groups in total. The van der Waals surface area contributed by atoms with Gasteiger partial charge in [-0.05, 0) is 10.6 Å². The Morgan fingerprint density at radius 2 is 0.577 bits per heavy atom. The second kappa shape index (κ2) is 25.4. The normalized spacial score (nSPS) is 9.88. The summed E-state index contributed by atoms with van der Waals surface area (Å²) < 4.78 is 0. The van der Waals surface area contributed by atoms with Crippen LogP contribution in [0.5, 0.6) is 0 Å². The third kappa shape index (κ3) is 16.6. The molecular weight excluding hydrogens is 727 g/mol. The van der Waals surface area contributed by atoms with Crippen LogP contribution in [0.25, 0.3) is 10.6 Å². The van der Waals surface area contributed by atoms with Crippen LogP contribution in [0.4, 0.5) is 0 Å². The molecule has 0 aliphatic rings. The molecule has 4 heteroatoms. The third-order valence-corrected chi connectivity index (χ3v) is 9.89. The van der Waals surface area contributed by atoms with Gasteiger partial charge in [-0.1, -0.05) is 159 Å². The molecule has 0 aliphatic heterocycles. The van der Waals surface area contributed by atoms with Gasteiger partial charge in [-0.3, -0.25) is 0 Å². The van der Waals surface area contributed by atoms with E-state index >= 15 is 0 Å². The van der Waals surface area contributed by atoms with Crippen LogP contribution in [0.2, 0.25) is 0 Å². The van der Waals surface area contributed by atoms with Crippen LogP contribution in [0.1, 0.15) is 27.8 Å². The molecule has 0 aliphatic carbocycles. The fraction of sp³-hybridized carbons (Fsp3) is 0.0625. The first kappa shape index (κ1) is 41.8. The van der Waals surface area contributed by atoms with Crippen molar-refractivity contribution in [2.24, 2.45) is 0 Å². The summed E-state index contributed by atoms with van der Waals surface area (Å²) in [5.41, 5.74) is 5.65. The van der Waals surface area contributed by atoms with Gasteiger partial charge in [0.25, 0.3) is 0 Å². The Bertz CT molecular complexity index is 1670. The van der Waals surface area contributed by atoms with Gasteiger partial charge in [0.1, 0.15) is 0 Å². The number of nitrogens with zero attached hydrogens (tertiary/aromatic N) is 2. The van der Waals surface area contributed by atoms with Crippen molar-refractivity contribution >= 4 is 18.5 Å². The predicted octanol–water partition coefficient (Wildman–Crippen LogP) is 12.2. The summed E-state index contributed by atoms with van der Waals surface area (Å²) in [6.07, 6.45) is 0. The topological polar surface area (TPSA) is 28.2 Å². The number of hydrogen-bond acceptors (Lipinski definition) is 0. The molecule has 7 rings (SSSR count). The van der Waals surface area contributed by atoms with E-state index in [1.165, 1.54) is 21.7 Å². The summed E-state index contributed by atoms with van der Waals surface area (Å²) in [5, 5.41) is 12.9. The number of rotatable bonds is 9. The van der Waals surface area contributed by atoms with Crippen molar-refractivity contribution in [2.75, 3.05) is 0 Å². The van der Waals surface area contributed by atoms with Gasteiger partial charge in [0, 0.05) is 26.2 Å².